The minimum Gasteiger partial charge on any atom is -0.480 e. The number of carbonyl (C=O) groups is 3. The molecule has 2 amide bonds. The third-order valence-corrected chi connectivity index (χ3v) is 5.74. The highest BCUT2D eigenvalue weighted by molar-refractivity contribution is 6.83. The number of hydrazone groups is 1. The smallest absolute Gasteiger partial charge is 0.327 e. The lowest BCUT2D eigenvalue weighted by molar-refractivity contribution is -0.142. The van der Waals surface area contributed by atoms with Crippen LogP contribution in [0.5, 0.6) is 0 Å². The standard InChI is InChI=1S/C22H30N4O4Si/c1-31(2,3)13-5-7-19(22(29)30)25-20(27)14-17-6-4-12-26(21(17)28)18-10-8-16(9-11-18)15-24-23/h8-11,15,17,19H,4,6-7,12,14,23H2,1-3H3,(H,25,27)(H,29,30). The summed E-state index contributed by atoms with van der Waals surface area (Å²) >= 11 is 0. The molecule has 31 heavy (non-hydrogen) atoms. The molecule has 1 aliphatic rings. The van der Waals surface area contributed by atoms with Crippen molar-refractivity contribution in [3.05, 3.63) is 29.8 Å². The third kappa shape index (κ3) is 7.57. The Bertz CT molecular complexity index is 897. The summed E-state index contributed by atoms with van der Waals surface area (Å²) in [5.74, 6) is 5.85. The van der Waals surface area contributed by atoms with Crippen LogP contribution in [-0.2, 0) is 14.4 Å². The van der Waals surface area contributed by atoms with Crippen LogP contribution in [0.15, 0.2) is 29.4 Å². The lowest BCUT2D eigenvalue weighted by atomic mass is 9.92. The number of carboxylic acid groups (broad SMARTS) is 1. The number of rotatable bonds is 7. The monoisotopic (exact) mass is 442 g/mol. The molecule has 9 heteroatoms. The topological polar surface area (TPSA) is 125 Å². The van der Waals surface area contributed by atoms with E-state index in [0.29, 0.717) is 13.0 Å². The second kappa shape index (κ2) is 10.8. The first-order chi connectivity index (χ1) is 14.6. The summed E-state index contributed by atoms with van der Waals surface area (Å²) < 4.78 is 0. The summed E-state index contributed by atoms with van der Waals surface area (Å²) in [6.45, 7) is 6.77. The van der Waals surface area contributed by atoms with Crippen molar-refractivity contribution in [3.63, 3.8) is 0 Å². The number of carboxylic acids is 1. The van der Waals surface area contributed by atoms with Gasteiger partial charge < -0.3 is 21.2 Å². The Morgan fingerprint density at radius 1 is 1.35 bits per heavy atom. The number of benzene rings is 1. The first-order valence-electron chi connectivity index (χ1n) is 10.3. The molecule has 2 atom stereocenters. The van der Waals surface area contributed by atoms with Gasteiger partial charge in [0.2, 0.25) is 11.8 Å². The summed E-state index contributed by atoms with van der Waals surface area (Å²) in [5, 5.41) is 15.4. The summed E-state index contributed by atoms with van der Waals surface area (Å²) in [6.07, 6.45) is 2.88. The van der Waals surface area contributed by atoms with Gasteiger partial charge in [0, 0.05) is 31.0 Å². The number of piperidine rings is 1. The molecule has 1 saturated heterocycles. The fourth-order valence-corrected chi connectivity index (χ4v) is 3.95. The van der Waals surface area contributed by atoms with Crippen LogP contribution in [-0.4, -0.2) is 49.8 Å². The normalized spacial score (nSPS) is 17.7. The Balaban J connectivity index is 2.00. The van der Waals surface area contributed by atoms with Crippen LogP contribution in [0.3, 0.4) is 0 Å². The molecule has 1 heterocycles. The molecule has 1 aliphatic heterocycles. The number of aliphatic carboxylic acids is 1. The molecule has 1 aromatic carbocycles. The Morgan fingerprint density at radius 3 is 2.61 bits per heavy atom. The van der Waals surface area contributed by atoms with Crippen LogP contribution in [0, 0.1) is 17.4 Å². The van der Waals surface area contributed by atoms with Crippen LogP contribution in [0.1, 0.15) is 31.2 Å². The average molecular weight is 443 g/mol. The van der Waals surface area contributed by atoms with Crippen LogP contribution in [0.25, 0.3) is 0 Å². The highest BCUT2D eigenvalue weighted by atomic mass is 28.3. The van der Waals surface area contributed by atoms with E-state index in [1.807, 2.05) is 24.3 Å². The first kappa shape index (κ1) is 24.1. The van der Waals surface area contributed by atoms with Gasteiger partial charge >= 0.3 is 5.97 Å². The Kier molecular flexibility index (Phi) is 8.39. The quantitative estimate of drug-likeness (QED) is 0.196. The molecule has 0 bridgehead atoms. The molecule has 0 saturated carbocycles. The summed E-state index contributed by atoms with van der Waals surface area (Å²) in [7, 11) is -1.62. The van der Waals surface area contributed by atoms with Gasteiger partial charge in [-0.1, -0.05) is 31.8 Å². The van der Waals surface area contributed by atoms with E-state index in [1.54, 1.807) is 4.90 Å². The Labute approximate surface area is 183 Å². The molecule has 1 aromatic rings. The van der Waals surface area contributed by atoms with E-state index in [1.165, 1.54) is 6.21 Å². The van der Waals surface area contributed by atoms with E-state index < -0.39 is 31.9 Å². The van der Waals surface area contributed by atoms with Gasteiger partial charge in [0.1, 0.15) is 14.1 Å². The van der Waals surface area contributed by atoms with Gasteiger partial charge in [0.05, 0.1) is 6.21 Å². The minimum atomic E-state index is -1.62. The maximum absolute atomic E-state index is 12.9. The van der Waals surface area contributed by atoms with E-state index in [9.17, 15) is 19.5 Å². The molecule has 8 nitrogen and oxygen atoms in total. The van der Waals surface area contributed by atoms with Crippen molar-refractivity contribution in [2.24, 2.45) is 16.9 Å². The largest absolute Gasteiger partial charge is 0.480 e. The van der Waals surface area contributed by atoms with Gasteiger partial charge in [-0.3, -0.25) is 9.59 Å². The Morgan fingerprint density at radius 2 is 2.03 bits per heavy atom. The van der Waals surface area contributed by atoms with Gasteiger partial charge in [0.25, 0.3) is 0 Å². The number of nitrogens with zero attached hydrogens (tertiary/aromatic N) is 2. The summed E-state index contributed by atoms with van der Waals surface area (Å²) in [4.78, 5) is 38.6. The second-order valence-corrected chi connectivity index (χ2v) is 13.4. The zero-order valence-electron chi connectivity index (χ0n) is 18.2. The highest BCUT2D eigenvalue weighted by Crippen LogP contribution is 2.26. The molecular weight excluding hydrogens is 412 g/mol. The molecule has 4 N–H and O–H groups in total. The maximum Gasteiger partial charge on any atom is 0.327 e. The van der Waals surface area contributed by atoms with Crippen LogP contribution >= 0.6 is 0 Å². The van der Waals surface area contributed by atoms with Crippen LogP contribution in [0.4, 0.5) is 5.69 Å². The van der Waals surface area contributed by atoms with E-state index in [2.05, 4.69) is 41.5 Å². The lowest BCUT2D eigenvalue weighted by Gasteiger charge is -2.32. The summed E-state index contributed by atoms with van der Waals surface area (Å²) in [6, 6.07) is 6.18. The maximum atomic E-state index is 12.9. The number of carbonyl (C=O) groups excluding carboxylic acids is 2. The minimum absolute atomic E-state index is 0.0432. The zero-order valence-corrected chi connectivity index (χ0v) is 19.2. The first-order valence-corrected chi connectivity index (χ1v) is 13.8. The molecule has 0 aromatic heterocycles. The predicted molar refractivity (Wildman–Crippen MR) is 123 cm³/mol. The van der Waals surface area contributed by atoms with Crippen LogP contribution < -0.4 is 16.1 Å². The van der Waals surface area contributed by atoms with E-state index in [0.717, 1.165) is 17.7 Å². The third-order valence-electron chi connectivity index (χ3n) is 4.81. The SMILES string of the molecule is C[Si](C)(C)C#CCC(NC(=O)CC1CCCN(c2ccc(C=NN)cc2)C1=O)C(=O)O. The highest BCUT2D eigenvalue weighted by Gasteiger charge is 2.32. The van der Waals surface area contributed by atoms with Crippen molar-refractivity contribution in [2.75, 3.05) is 11.4 Å². The fraction of sp³-hybridized carbons (Fsp3) is 0.455. The summed E-state index contributed by atoms with van der Waals surface area (Å²) in [5.41, 5.74) is 4.67. The van der Waals surface area contributed by atoms with Crippen molar-refractivity contribution < 1.29 is 19.5 Å². The number of anilines is 1. The molecule has 0 radical (unpaired) electrons. The average Bonchev–Trinajstić information content (AvgIpc) is 2.69. The molecule has 166 valence electrons. The van der Waals surface area contributed by atoms with Gasteiger partial charge in [-0.15, -0.1) is 11.5 Å². The van der Waals surface area contributed by atoms with Gasteiger partial charge in [-0.25, -0.2) is 4.79 Å². The molecule has 0 aliphatic carbocycles. The van der Waals surface area contributed by atoms with Crippen LogP contribution in [0.2, 0.25) is 19.6 Å². The van der Waals surface area contributed by atoms with E-state index in [4.69, 9.17) is 5.84 Å². The van der Waals surface area contributed by atoms with Crippen molar-refractivity contribution in [1.29, 1.82) is 0 Å². The zero-order chi connectivity index (χ0) is 23.0. The number of hydrogen-bond acceptors (Lipinski definition) is 5. The van der Waals surface area contributed by atoms with Gasteiger partial charge in [-0.2, -0.15) is 5.10 Å². The van der Waals surface area contributed by atoms with E-state index >= 15 is 0 Å². The van der Waals surface area contributed by atoms with E-state index in [-0.39, 0.29) is 18.7 Å². The lowest BCUT2D eigenvalue weighted by Crippen LogP contribution is -2.45. The Hall–Kier alpha value is -3.12. The number of amides is 2. The molecule has 2 rings (SSSR count). The van der Waals surface area contributed by atoms with Gasteiger partial charge in [0.15, 0.2) is 0 Å². The van der Waals surface area contributed by atoms with Gasteiger partial charge in [-0.05, 0) is 30.5 Å². The number of nitrogens with one attached hydrogen (secondary N) is 1. The van der Waals surface area contributed by atoms with Crippen molar-refractivity contribution in [2.45, 2.75) is 51.4 Å². The predicted octanol–water partition coefficient (Wildman–Crippen LogP) is 1.95. The molecule has 0 spiro atoms. The van der Waals surface area contributed by atoms with Crippen molar-refractivity contribution in [1.82, 2.24) is 5.32 Å². The molecule has 1 fully saturated rings. The second-order valence-electron chi connectivity index (χ2n) is 8.62. The molecule has 2 unspecified atom stereocenters. The number of nitrogens with two attached hydrogens (primary N) is 1. The van der Waals surface area contributed by atoms with Crippen molar-refractivity contribution >= 4 is 37.8 Å². The number of hydrogen-bond donors (Lipinski definition) is 3. The van der Waals surface area contributed by atoms with Crippen molar-refractivity contribution in [3.8, 4) is 11.5 Å². The fourth-order valence-electron chi connectivity index (χ4n) is 3.32. The molecular formula is C22H30N4O4Si.